The molecule has 1 aliphatic heterocycles. The Kier molecular flexibility index (Phi) is 7.91. The van der Waals surface area contributed by atoms with Crippen LogP contribution in [-0.2, 0) is 10.2 Å². The molecule has 3 rings (SSSR count). The Morgan fingerprint density at radius 1 is 1.00 bits per heavy atom. The maximum atomic E-state index is 12.9. The Bertz CT molecular complexity index is 926. The predicted molar refractivity (Wildman–Crippen MR) is 130 cm³/mol. The third kappa shape index (κ3) is 6.10. The van der Waals surface area contributed by atoms with E-state index >= 15 is 0 Å². The Morgan fingerprint density at radius 3 is 2.31 bits per heavy atom. The molecular weight excluding hydrogens is 402 g/mol. The van der Waals surface area contributed by atoms with Crippen molar-refractivity contribution in [1.29, 1.82) is 0 Å². The molecule has 2 aromatic rings. The first-order valence-electron chi connectivity index (χ1n) is 11.4. The molecule has 0 saturated carbocycles. The lowest BCUT2D eigenvalue weighted by Crippen LogP contribution is -2.29. The van der Waals surface area contributed by atoms with Crippen LogP contribution in [0.5, 0.6) is 0 Å². The number of benzene rings is 2. The van der Waals surface area contributed by atoms with Gasteiger partial charge in [-0.3, -0.25) is 9.59 Å². The van der Waals surface area contributed by atoms with Crippen LogP contribution >= 0.6 is 0 Å². The zero-order valence-corrected chi connectivity index (χ0v) is 19.7. The van der Waals surface area contributed by atoms with Crippen molar-refractivity contribution in [3.05, 3.63) is 59.2 Å². The van der Waals surface area contributed by atoms with Crippen LogP contribution in [0.15, 0.2) is 42.5 Å². The first-order valence-corrected chi connectivity index (χ1v) is 11.4. The quantitative estimate of drug-likeness (QED) is 0.592. The number of hydrogen-bond acceptors (Lipinski definition) is 4. The molecule has 1 heterocycles. The molecule has 1 aliphatic rings. The van der Waals surface area contributed by atoms with E-state index in [4.69, 9.17) is 4.74 Å². The molecule has 0 atom stereocenters. The normalized spacial score (nSPS) is 13.8. The number of ether oxygens (including phenoxy) is 1. The van der Waals surface area contributed by atoms with E-state index < -0.39 is 0 Å². The van der Waals surface area contributed by atoms with Crippen LogP contribution in [0.1, 0.15) is 66.3 Å². The lowest BCUT2D eigenvalue weighted by atomic mass is 9.87. The highest BCUT2D eigenvalue weighted by Crippen LogP contribution is 2.28. The van der Waals surface area contributed by atoms with E-state index in [2.05, 4.69) is 36.3 Å². The summed E-state index contributed by atoms with van der Waals surface area (Å²) in [6, 6.07) is 13.3. The van der Waals surface area contributed by atoms with Gasteiger partial charge in [0.25, 0.3) is 11.8 Å². The summed E-state index contributed by atoms with van der Waals surface area (Å²) in [6.07, 6.45) is 3.00. The van der Waals surface area contributed by atoms with Crippen LogP contribution in [0.4, 0.5) is 11.4 Å². The second-order valence-corrected chi connectivity index (χ2v) is 9.31. The van der Waals surface area contributed by atoms with Gasteiger partial charge in [0.1, 0.15) is 0 Å². The van der Waals surface area contributed by atoms with Gasteiger partial charge in [0.2, 0.25) is 0 Å². The van der Waals surface area contributed by atoms with Crippen molar-refractivity contribution >= 4 is 23.2 Å². The minimum absolute atomic E-state index is 0.0337. The Hall–Kier alpha value is -2.86. The molecule has 2 amide bonds. The fraction of sp³-hybridized carbons (Fsp3) is 0.462. The number of amides is 2. The molecule has 1 fully saturated rings. The van der Waals surface area contributed by atoms with Crippen LogP contribution in [0.2, 0.25) is 0 Å². The zero-order valence-electron chi connectivity index (χ0n) is 19.7. The highest BCUT2D eigenvalue weighted by atomic mass is 16.5. The lowest BCUT2D eigenvalue weighted by molar-refractivity contribution is 0.0947. The van der Waals surface area contributed by atoms with Gasteiger partial charge < -0.3 is 20.3 Å². The Labute approximate surface area is 191 Å². The Balaban J connectivity index is 1.77. The maximum absolute atomic E-state index is 12.9. The monoisotopic (exact) mass is 437 g/mol. The van der Waals surface area contributed by atoms with Crippen LogP contribution < -0.4 is 15.5 Å². The van der Waals surface area contributed by atoms with Gasteiger partial charge in [-0.2, -0.15) is 0 Å². The van der Waals surface area contributed by atoms with E-state index in [1.54, 1.807) is 13.2 Å². The third-order valence-corrected chi connectivity index (χ3v) is 5.77. The minimum atomic E-state index is -0.189. The average molecular weight is 438 g/mol. The number of methoxy groups -OCH3 is 1. The molecule has 6 nitrogen and oxygen atoms in total. The summed E-state index contributed by atoms with van der Waals surface area (Å²) < 4.78 is 5.06. The summed E-state index contributed by atoms with van der Waals surface area (Å²) in [5.41, 5.74) is 3.92. The van der Waals surface area contributed by atoms with Gasteiger partial charge in [0.15, 0.2) is 0 Å². The van der Waals surface area contributed by atoms with E-state index in [1.165, 1.54) is 5.56 Å². The molecule has 172 valence electrons. The smallest absolute Gasteiger partial charge is 0.255 e. The number of nitrogens with zero attached hydrogens (tertiary/aromatic N) is 1. The molecular formula is C26H35N3O3. The van der Waals surface area contributed by atoms with Gasteiger partial charge in [-0.25, -0.2) is 0 Å². The van der Waals surface area contributed by atoms with Crippen molar-refractivity contribution in [2.75, 3.05) is 43.6 Å². The topological polar surface area (TPSA) is 70.7 Å². The first kappa shape index (κ1) is 23.8. The van der Waals surface area contributed by atoms with Gasteiger partial charge in [0.05, 0.1) is 5.56 Å². The second kappa shape index (κ2) is 10.6. The second-order valence-electron chi connectivity index (χ2n) is 9.31. The zero-order chi connectivity index (χ0) is 23.1. The fourth-order valence-corrected chi connectivity index (χ4v) is 3.87. The van der Waals surface area contributed by atoms with Gasteiger partial charge >= 0.3 is 0 Å². The third-order valence-electron chi connectivity index (χ3n) is 5.77. The van der Waals surface area contributed by atoms with Crippen molar-refractivity contribution < 1.29 is 14.3 Å². The number of rotatable bonds is 8. The average Bonchev–Trinajstić information content (AvgIpc) is 3.31. The molecule has 0 aromatic heterocycles. The molecule has 2 N–H and O–H groups in total. The van der Waals surface area contributed by atoms with Crippen molar-refractivity contribution in [2.24, 2.45) is 0 Å². The fourth-order valence-electron chi connectivity index (χ4n) is 3.87. The summed E-state index contributed by atoms with van der Waals surface area (Å²) in [5.74, 6) is -0.320. The van der Waals surface area contributed by atoms with Crippen molar-refractivity contribution in [1.82, 2.24) is 5.32 Å². The SMILES string of the molecule is COCCCNC(=O)c1cc(NC(=O)c2ccc(C(C)(C)C)cc2)ccc1N1CCCC1. The number of hydrogen-bond donors (Lipinski definition) is 2. The summed E-state index contributed by atoms with van der Waals surface area (Å²) in [5, 5.41) is 5.92. The molecule has 6 heteroatoms. The van der Waals surface area contributed by atoms with E-state index in [0.717, 1.165) is 38.0 Å². The van der Waals surface area contributed by atoms with Gasteiger partial charge in [0, 0.05) is 50.3 Å². The van der Waals surface area contributed by atoms with Crippen LogP contribution in [-0.4, -0.2) is 45.2 Å². The largest absolute Gasteiger partial charge is 0.385 e. The highest BCUT2D eigenvalue weighted by molar-refractivity contribution is 6.06. The number of carbonyl (C=O) groups excluding carboxylic acids is 2. The number of anilines is 2. The van der Waals surface area contributed by atoms with Crippen molar-refractivity contribution in [3.63, 3.8) is 0 Å². The maximum Gasteiger partial charge on any atom is 0.255 e. The molecule has 0 radical (unpaired) electrons. The van der Waals surface area contributed by atoms with Crippen LogP contribution in [0.25, 0.3) is 0 Å². The van der Waals surface area contributed by atoms with E-state index in [9.17, 15) is 9.59 Å². The molecule has 2 aromatic carbocycles. The molecule has 0 unspecified atom stereocenters. The first-order chi connectivity index (χ1) is 15.3. The lowest BCUT2D eigenvalue weighted by Gasteiger charge is -2.22. The summed E-state index contributed by atoms with van der Waals surface area (Å²) >= 11 is 0. The molecule has 0 bridgehead atoms. The van der Waals surface area contributed by atoms with Gasteiger partial charge in [-0.05, 0) is 60.6 Å². The highest BCUT2D eigenvalue weighted by Gasteiger charge is 2.21. The van der Waals surface area contributed by atoms with Gasteiger partial charge in [-0.15, -0.1) is 0 Å². The minimum Gasteiger partial charge on any atom is -0.385 e. The van der Waals surface area contributed by atoms with Crippen LogP contribution in [0, 0.1) is 0 Å². The standard InChI is InChI=1S/C26H35N3O3/c1-26(2,3)20-10-8-19(9-11-20)24(30)28-21-12-13-23(29-15-5-6-16-29)22(18-21)25(31)27-14-7-17-32-4/h8-13,18H,5-7,14-17H2,1-4H3,(H,27,31)(H,28,30). The Morgan fingerprint density at radius 2 is 1.69 bits per heavy atom. The van der Waals surface area contributed by atoms with E-state index in [1.807, 2.05) is 36.4 Å². The summed E-state index contributed by atoms with van der Waals surface area (Å²) in [7, 11) is 1.65. The molecule has 1 saturated heterocycles. The van der Waals surface area contributed by atoms with Crippen LogP contribution in [0.3, 0.4) is 0 Å². The molecule has 0 aliphatic carbocycles. The van der Waals surface area contributed by atoms with E-state index in [-0.39, 0.29) is 17.2 Å². The predicted octanol–water partition coefficient (Wildman–Crippen LogP) is 4.60. The van der Waals surface area contributed by atoms with Gasteiger partial charge in [-0.1, -0.05) is 32.9 Å². The van der Waals surface area contributed by atoms with Crippen molar-refractivity contribution in [3.8, 4) is 0 Å². The summed E-state index contributed by atoms with van der Waals surface area (Å²) in [4.78, 5) is 28.0. The number of carbonyl (C=O) groups is 2. The number of nitrogens with one attached hydrogen (secondary N) is 2. The van der Waals surface area contributed by atoms with Crippen molar-refractivity contribution in [2.45, 2.75) is 45.4 Å². The molecule has 0 spiro atoms. The summed E-state index contributed by atoms with van der Waals surface area (Å²) in [6.45, 7) is 9.46. The molecule has 32 heavy (non-hydrogen) atoms. The van der Waals surface area contributed by atoms with E-state index in [0.29, 0.717) is 30.0 Å².